The van der Waals surface area contributed by atoms with Crippen molar-refractivity contribution in [3.05, 3.63) is 53.6 Å². The first-order valence-electron chi connectivity index (χ1n) is 8.63. The molecular formula is C19H24N4O. The number of imidazole rings is 1. The molecule has 3 rings (SSSR count). The number of hydrogen-bond donors (Lipinski definition) is 1. The molecule has 1 atom stereocenters. The Balaban J connectivity index is 1.78. The molecule has 126 valence electrons. The summed E-state index contributed by atoms with van der Waals surface area (Å²) in [5, 5.41) is 12.8. The number of nitriles is 1. The van der Waals surface area contributed by atoms with Crippen LogP contribution in [0.2, 0.25) is 0 Å². The van der Waals surface area contributed by atoms with Gasteiger partial charge in [0.2, 0.25) is 0 Å². The Morgan fingerprint density at radius 1 is 1.42 bits per heavy atom. The van der Waals surface area contributed by atoms with E-state index in [2.05, 4.69) is 33.9 Å². The molecule has 2 aromatic rings. The van der Waals surface area contributed by atoms with Gasteiger partial charge in [-0.25, -0.2) is 4.98 Å². The second-order valence-corrected chi connectivity index (χ2v) is 6.19. The monoisotopic (exact) mass is 324 g/mol. The van der Waals surface area contributed by atoms with Crippen LogP contribution in [-0.4, -0.2) is 22.8 Å². The SMILES string of the molecule is CCn1ccnc1[C@H](NCc1cccc(C#N)c1)C1CCOCC1. The highest BCUT2D eigenvalue weighted by molar-refractivity contribution is 5.32. The maximum absolute atomic E-state index is 9.06. The van der Waals surface area contributed by atoms with E-state index in [0.29, 0.717) is 11.5 Å². The summed E-state index contributed by atoms with van der Waals surface area (Å²) in [6.45, 7) is 5.43. The molecular weight excluding hydrogens is 300 g/mol. The zero-order chi connectivity index (χ0) is 16.8. The Kier molecular flexibility index (Phi) is 5.63. The van der Waals surface area contributed by atoms with E-state index in [0.717, 1.165) is 50.5 Å². The summed E-state index contributed by atoms with van der Waals surface area (Å²) >= 11 is 0. The average Bonchev–Trinajstić information content (AvgIpc) is 3.11. The van der Waals surface area contributed by atoms with Crippen LogP contribution in [0.15, 0.2) is 36.7 Å². The first kappa shape index (κ1) is 16.7. The highest BCUT2D eigenvalue weighted by atomic mass is 16.5. The van der Waals surface area contributed by atoms with Crippen LogP contribution in [0.1, 0.15) is 42.8 Å². The minimum atomic E-state index is 0.203. The molecule has 0 amide bonds. The predicted octanol–water partition coefficient (Wildman–Crippen LogP) is 3.03. The molecule has 5 nitrogen and oxygen atoms in total. The van der Waals surface area contributed by atoms with Crippen molar-refractivity contribution < 1.29 is 4.74 Å². The molecule has 5 heteroatoms. The molecule has 24 heavy (non-hydrogen) atoms. The molecule has 2 heterocycles. The molecule has 1 N–H and O–H groups in total. The fourth-order valence-corrected chi connectivity index (χ4v) is 3.36. The summed E-state index contributed by atoms with van der Waals surface area (Å²) < 4.78 is 7.73. The van der Waals surface area contributed by atoms with Crippen molar-refractivity contribution in [3.8, 4) is 6.07 Å². The predicted molar refractivity (Wildman–Crippen MR) is 92.2 cm³/mol. The van der Waals surface area contributed by atoms with Gasteiger partial charge in [0.05, 0.1) is 17.7 Å². The Bertz CT molecular complexity index is 697. The van der Waals surface area contributed by atoms with Crippen LogP contribution in [0.5, 0.6) is 0 Å². The number of aryl methyl sites for hydroxylation is 1. The van der Waals surface area contributed by atoms with Crippen molar-refractivity contribution in [1.82, 2.24) is 14.9 Å². The second-order valence-electron chi connectivity index (χ2n) is 6.19. The van der Waals surface area contributed by atoms with Gasteiger partial charge in [-0.1, -0.05) is 12.1 Å². The van der Waals surface area contributed by atoms with Crippen molar-refractivity contribution in [2.45, 2.75) is 38.9 Å². The lowest BCUT2D eigenvalue weighted by Gasteiger charge is -2.31. The topological polar surface area (TPSA) is 62.9 Å². The summed E-state index contributed by atoms with van der Waals surface area (Å²) in [4.78, 5) is 4.62. The standard InChI is InChI=1S/C19H24N4O/c1-2-23-9-8-21-19(23)18(17-6-10-24-11-7-17)22-14-16-5-3-4-15(12-16)13-20/h3-5,8-9,12,17-18,22H,2,6-7,10-11,14H2,1H3/t18-/m1/s1. The van der Waals surface area contributed by atoms with Gasteiger partial charge >= 0.3 is 0 Å². The third-order valence-electron chi connectivity index (χ3n) is 4.69. The Morgan fingerprint density at radius 3 is 3.00 bits per heavy atom. The van der Waals surface area contributed by atoms with Crippen LogP contribution < -0.4 is 5.32 Å². The van der Waals surface area contributed by atoms with Crippen LogP contribution in [0.3, 0.4) is 0 Å². The lowest BCUT2D eigenvalue weighted by molar-refractivity contribution is 0.0517. The minimum Gasteiger partial charge on any atom is -0.381 e. The molecule has 1 saturated heterocycles. The maximum atomic E-state index is 9.06. The Labute approximate surface area is 143 Å². The number of ether oxygens (including phenoxy) is 1. The van der Waals surface area contributed by atoms with Crippen molar-refractivity contribution in [2.24, 2.45) is 5.92 Å². The van der Waals surface area contributed by atoms with Crippen LogP contribution in [0, 0.1) is 17.2 Å². The highest BCUT2D eigenvalue weighted by Gasteiger charge is 2.28. The van der Waals surface area contributed by atoms with E-state index in [4.69, 9.17) is 10.00 Å². The Hall–Kier alpha value is -2.16. The molecule has 1 aromatic carbocycles. The Morgan fingerprint density at radius 2 is 2.25 bits per heavy atom. The summed E-state index contributed by atoms with van der Waals surface area (Å²) in [6, 6.07) is 10.2. The van der Waals surface area contributed by atoms with Gasteiger partial charge in [-0.15, -0.1) is 0 Å². The van der Waals surface area contributed by atoms with Gasteiger partial charge in [0.15, 0.2) is 0 Å². The average molecular weight is 324 g/mol. The zero-order valence-electron chi connectivity index (χ0n) is 14.1. The summed E-state index contributed by atoms with van der Waals surface area (Å²) in [5.74, 6) is 1.62. The van der Waals surface area contributed by atoms with Crippen molar-refractivity contribution in [3.63, 3.8) is 0 Å². The number of aromatic nitrogens is 2. The molecule has 0 spiro atoms. The molecule has 0 saturated carbocycles. The largest absolute Gasteiger partial charge is 0.381 e. The van der Waals surface area contributed by atoms with Gasteiger partial charge in [0.25, 0.3) is 0 Å². The normalized spacial score (nSPS) is 16.7. The molecule has 1 aromatic heterocycles. The molecule has 0 radical (unpaired) electrons. The molecule has 0 unspecified atom stereocenters. The van der Waals surface area contributed by atoms with E-state index >= 15 is 0 Å². The van der Waals surface area contributed by atoms with Gasteiger partial charge in [0.1, 0.15) is 5.82 Å². The molecule has 1 aliphatic rings. The van der Waals surface area contributed by atoms with Crippen LogP contribution in [0.4, 0.5) is 0 Å². The second kappa shape index (κ2) is 8.09. The number of nitrogens with one attached hydrogen (secondary N) is 1. The van der Waals surface area contributed by atoms with Crippen molar-refractivity contribution in [1.29, 1.82) is 5.26 Å². The van der Waals surface area contributed by atoms with E-state index in [1.54, 1.807) is 0 Å². The fraction of sp³-hybridized carbons (Fsp3) is 0.474. The van der Waals surface area contributed by atoms with Crippen LogP contribution in [-0.2, 0) is 17.8 Å². The summed E-state index contributed by atoms with van der Waals surface area (Å²) in [5.41, 5.74) is 1.83. The van der Waals surface area contributed by atoms with Gasteiger partial charge < -0.3 is 14.6 Å². The number of benzene rings is 1. The molecule has 1 fully saturated rings. The zero-order valence-corrected chi connectivity index (χ0v) is 14.1. The van der Waals surface area contributed by atoms with E-state index in [9.17, 15) is 0 Å². The first-order valence-corrected chi connectivity index (χ1v) is 8.63. The van der Waals surface area contributed by atoms with E-state index in [1.807, 2.05) is 30.6 Å². The lowest BCUT2D eigenvalue weighted by atomic mass is 9.90. The van der Waals surface area contributed by atoms with Gasteiger partial charge in [-0.2, -0.15) is 5.26 Å². The van der Waals surface area contributed by atoms with Crippen molar-refractivity contribution in [2.75, 3.05) is 13.2 Å². The number of hydrogen-bond acceptors (Lipinski definition) is 4. The smallest absolute Gasteiger partial charge is 0.126 e. The molecule has 0 aliphatic carbocycles. The third-order valence-corrected chi connectivity index (χ3v) is 4.69. The number of rotatable bonds is 6. The quantitative estimate of drug-likeness (QED) is 0.887. The highest BCUT2D eigenvalue weighted by Crippen LogP contribution is 2.29. The van der Waals surface area contributed by atoms with E-state index < -0.39 is 0 Å². The molecule has 1 aliphatic heterocycles. The third kappa shape index (κ3) is 3.84. The van der Waals surface area contributed by atoms with Crippen molar-refractivity contribution >= 4 is 0 Å². The first-order chi connectivity index (χ1) is 11.8. The molecule has 0 bridgehead atoms. The van der Waals surface area contributed by atoms with E-state index in [-0.39, 0.29) is 6.04 Å². The van der Waals surface area contributed by atoms with Gasteiger partial charge in [-0.05, 0) is 43.4 Å². The summed E-state index contributed by atoms with van der Waals surface area (Å²) in [7, 11) is 0. The van der Waals surface area contributed by atoms with Gasteiger partial charge in [-0.3, -0.25) is 0 Å². The fourth-order valence-electron chi connectivity index (χ4n) is 3.36. The maximum Gasteiger partial charge on any atom is 0.126 e. The van der Waals surface area contributed by atoms with Crippen LogP contribution in [0.25, 0.3) is 0 Å². The minimum absolute atomic E-state index is 0.203. The number of nitrogens with zero attached hydrogens (tertiary/aromatic N) is 3. The lowest BCUT2D eigenvalue weighted by Crippen LogP contribution is -2.34. The summed E-state index contributed by atoms with van der Waals surface area (Å²) in [6.07, 6.45) is 6.02. The van der Waals surface area contributed by atoms with E-state index in [1.165, 1.54) is 0 Å². The van der Waals surface area contributed by atoms with Crippen LogP contribution >= 0.6 is 0 Å². The van der Waals surface area contributed by atoms with Gasteiger partial charge in [0, 0.05) is 38.7 Å².